The molecule has 0 saturated carbocycles. The molecule has 0 aromatic heterocycles. The molecule has 5 rings (SSSR count). The second-order valence-corrected chi connectivity index (χ2v) is 8.48. The fourth-order valence-electron chi connectivity index (χ4n) is 4.64. The molecule has 124 valence electrons. The number of hydrogen-bond acceptors (Lipinski definition) is 3. The predicted molar refractivity (Wildman–Crippen MR) is 103 cm³/mol. The summed E-state index contributed by atoms with van der Waals surface area (Å²) in [5.41, 5.74) is 7.23. The van der Waals surface area contributed by atoms with Gasteiger partial charge in [0.05, 0.1) is 5.69 Å². The van der Waals surface area contributed by atoms with Gasteiger partial charge in [0.25, 0.3) is 0 Å². The maximum absolute atomic E-state index is 3.63. The topological polar surface area (TPSA) is 15.3 Å². The highest BCUT2D eigenvalue weighted by atomic mass is 32.2. The molecule has 0 unspecified atom stereocenters. The van der Waals surface area contributed by atoms with Gasteiger partial charge < -0.3 is 10.2 Å². The lowest BCUT2D eigenvalue weighted by atomic mass is 9.88. The van der Waals surface area contributed by atoms with E-state index in [1.807, 2.05) is 0 Å². The Labute approximate surface area is 148 Å². The minimum absolute atomic E-state index is 0.664. The Balaban J connectivity index is 1.67. The molecule has 24 heavy (non-hydrogen) atoms. The summed E-state index contributed by atoms with van der Waals surface area (Å²) >= 11 is 2.06. The van der Waals surface area contributed by atoms with E-state index in [9.17, 15) is 0 Å². The standard InChI is InChI=1S/C21H24N2S/c1-14-3-5-15(6-4-14)16-11-17-18-13-22-8-7-19(18)23-9-2-10-24-20(12-16)21(17)23/h3-6,11-12,18-19,22H,2,7-10,13H2,1H3/t18-,19-/m0/s1. The smallest absolute Gasteiger partial charge is 0.0544 e. The molecule has 0 bridgehead atoms. The van der Waals surface area contributed by atoms with Crippen LogP contribution in [0.5, 0.6) is 0 Å². The van der Waals surface area contributed by atoms with Gasteiger partial charge in [0.2, 0.25) is 0 Å². The molecule has 0 aliphatic carbocycles. The molecular formula is C21H24N2S. The largest absolute Gasteiger partial charge is 0.367 e. The van der Waals surface area contributed by atoms with Crippen LogP contribution in [-0.2, 0) is 0 Å². The highest BCUT2D eigenvalue weighted by Gasteiger charge is 2.41. The number of nitrogens with one attached hydrogen (secondary N) is 1. The zero-order valence-corrected chi connectivity index (χ0v) is 15.0. The second-order valence-electron chi connectivity index (χ2n) is 7.34. The Kier molecular flexibility index (Phi) is 3.60. The van der Waals surface area contributed by atoms with Crippen LogP contribution in [-0.4, -0.2) is 31.4 Å². The summed E-state index contributed by atoms with van der Waals surface area (Å²) in [6.07, 6.45) is 2.58. The van der Waals surface area contributed by atoms with Crippen molar-refractivity contribution in [3.63, 3.8) is 0 Å². The lowest BCUT2D eigenvalue weighted by Crippen LogP contribution is -2.44. The van der Waals surface area contributed by atoms with Crippen LogP contribution in [0.15, 0.2) is 41.3 Å². The van der Waals surface area contributed by atoms with Gasteiger partial charge in [-0.15, -0.1) is 11.8 Å². The van der Waals surface area contributed by atoms with Crippen LogP contribution in [0, 0.1) is 6.92 Å². The van der Waals surface area contributed by atoms with Crippen molar-refractivity contribution in [1.29, 1.82) is 0 Å². The third-order valence-electron chi connectivity index (χ3n) is 5.82. The van der Waals surface area contributed by atoms with E-state index in [0.717, 1.165) is 6.54 Å². The van der Waals surface area contributed by atoms with Crippen molar-refractivity contribution in [2.45, 2.75) is 36.6 Å². The molecule has 1 N–H and O–H groups in total. The van der Waals surface area contributed by atoms with Crippen LogP contribution in [0.3, 0.4) is 0 Å². The average molecular weight is 337 g/mol. The van der Waals surface area contributed by atoms with E-state index >= 15 is 0 Å². The lowest BCUT2D eigenvalue weighted by molar-refractivity contribution is 0.403. The number of fused-ring (bicyclic) bond motifs is 3. The zero-order valence-electron chi connectivity index (χ0n) is 14.2. The first-order valence-electron chi connectivity index (χ1n) is 9.16. The van der Waals surface area contributed by atoms with Gasteiger partial charge in [-0.2, -0.15) is 0 Å². The Morgan fingerprint density at radius 1 is 1.12 bits per heavy atom. The van der Waals surface area contributed by atoms with Crippen LogP contribution in [0.2, 0.25) is 0 Å². The summed E-state index contributed by atoms with van der Waals surface area (Å²) in [6.45, 7) is 5.69. The summed E-state index contributed by atoms with van der Waals surface area (Å²) in [6, 6.07) is 14.6. The number of anilines is 1. The number of rotatable bonds is 1. The third-order valence-corrected chi connectivity index (χ3v) is 6.94. The molecule has 2 aromatic carbocycles. The third kappa shape index (κ3) is 2.29. The lowest BCUT2D eigenvalue weighted by Gasteiger charge is -2.33. The average Bonchev–Trinajstić information content (AvgIpc) is 2.78. The number of nitrogens with zero attached hydrogens (tertiary/aromatic N) is 1. The highest BCUT2D eigenvalue weighted by Crippen LogP contribution is 2.51. The molecule has 3 aliphatic rings. The number of piperidine rings is 1. The fourth-order valence-corrected chi connectivity index (χ4v) is 5.71. The normalized spacial score (nSPS) is 25.1. The van der Waals surface area contributed by atoms with Crippen LogP contribution < -0.4 is 10.2 Å². The first-order chi connectivity index (χ1) is 11.8. The highest BCUT2D eigenvalue weighted by molar-refractivity contribution is 7.99. The van der Waals surface area contributed by atoms with Crippen molar-refractivity contribution in [3.05, 3.63) is 47.5 Å². The van der Waals surface area contributed by atoms with Gasteiger partial charge in [-0.1, -0.05) is 29.8 Å². The number of aryl methyl sites for hydroxylation is 1. The van der Waals surface area contributed by atoms with Gasteiger partial charge in [0.15, 0.2) is 0 Å². The molecule has 1 fully saturated rings. The van der Waals surface area contributed by atoms with Crippen LogP contribution >= 0.6 is 11.8 Å². The minimum atomic E-state index is 0.664. The molecule has 0 spiro atoms. The summed E-state index contributed by atoms with van der Waals surface area (Å²) in [5, 5.41) is 3.63. The molecular weight excluding hydrogens is 312 g/mol. The second kappa shape index (κ2) is 5.82. The predicted octanol–water partition coefficient (Wildman–Crippen LogP) is 4.42. The van der Waals surface area contributed by atoms with Gasteiger partial charge in [-0.25, -0.2) is 0 Å². The van der Waals surface area contributed by atoms with E-state index in [0.29, 0.717) is 12.0 Å². The number of hydrogen-bond donors (Lipinski definition) is 1. The molecule has 3 heterocycles. The van der Waals surface area contributed by atoms with E-state index in [-0.39, 0.29) is 0 Å². The van der Waals surface area contributed by atoms with E-state index in [1.165, 1.54) is 53.3 Å². The molecule has 2 atom stereocenters. The van der Waals surface area contributed by atoms with Crippen LogP contribution in [0.1, 0.15) is 29.9 Å². The van der Waals surface area contributed by atoms with Crippen molar-refractivity contribution < 1.29 is 0 Å². The Morgan fingerprint density at radius 3 is 2.88 bits per heavy atom. The van der Waals surface area contributed by atoms with E-state index in [1.54, 1.807) is 11.3 Å². The molecule has 3 heteroatoms. The summed E-state index contributed by atoms with van der Waals surface area (Å²) in [7, 11) is 0. The van der Waals surface area contributed by atoms with Crippen molar-refractivity contribution in [2.24, 2.45) is 0 Å². The molecule has 2 nitrogen and oxygen atoms in total. The summed E-state index contributed by atoms with van der Waals surface area (Å²) < 4.78 is 0. The first-order valence-corrected chi connectivity index (χ1v) is 10.1. The van der Waals surface area contributed by atoms with Crippen LogP contribution in [0.4, 0.5) is 5.69 Å². The van der Waals surface area contributed by atoms with Gasteiger partial charge >= 0.3 is 0 Å². The van der Waals surface area contributed by atoms with Gasteiger partial charge in [0, 0.05) is 29.9 Å². The van der Waals surface area contributed by atoms with Crippen LogP contribution in [0.25, 0.3) is 11.1 Å². The van der Waals surface area contributed by atoms with E-state index in [4.69, 9.17) is 0 Å². The van der Waals surface area contributed by atoms with Gasteiger partial charge in [0.1, 0.15) is 0 Å². The first kappa shape index (κ1) is 14.9. The fraction of sp³-hybridized carbons (Fsp3) is 0.429. The van der Waals surface area contributed by atoms with E-state index in [2.05, 4.69) is 65.3 Å². The number of thioether (sulfide) groups is 1. The summed E-state index contributed by atoms with van der Waals surface area (Å²) in [5.74, 6) is 1.91. The molecule has 3 aliphatic heterocycles. The molecule has 1 saturated heterocycles. The van der Waals surface area contributed by atoms with Crippen molar-refractivity contribution in [1.82, 2.24) is 5.32 Å². The molecule has 0 amide bonds. The summed E-state index contributed by atoms with van der Waals surface area (Å²) in [4.78, 5) is 4.25. The van der Waals surface area contributed by atoms with Crippen molar-refractivity contribution >= 4 is 17.4 Å². The Hall–Kier alpha value is -1.45. The van der Waals surface area contributed by atoms with Gasteiger partial charge in [-0.3, -0.25) is 0 Å². The quantitative estimate of drug-likeness (QED) is 0.830. The maximum Gasteiger partial charge on any atom is 0.0544 e. The minimum Gasteiger partial charge on any atom is -0.367 e. The van der Waals surface area contributed by atoms with Crippen molar-refractivity contribution in [2.75, 3.05) is 30.3 Å². The SMILES string of the molecule is Cc1ccc(-c2cc3c4c(c2)[C@@H]2CNCC[C@@H]2N4CCCS3)cc1. The van der Waals surface area contributed by atoms with Gasteiger partial charge in [-0.05, 0) is 60.9 Å². The van der Waals surface area contributed by atoms with Crippen molar-refractivity contribution in [3.8, 4) is 11.1 Å². The molecule has 2 aromatic rings. The Morgan fingerprint density at radius 2 is 2.00 bits per heavy atom. The number of benzene rings is 2. The van der Waals surface area contributed by atoms with E-state index < -0.39 is 0 Å². The maximum atomic E-state index is 3.63. The Bertz CT molecular complexity index is 768. The zero-order chi connectivity index (χ0) is 16.1. The molecule has 0 radical (unpaired) electrons. The monoisotopic (exact) mass is 336 g/mol.